The lowest BCUT2D eigenvalue weighted by Gasteiger charge is -2.37. The Morgan fingerprint density at radius 2 is 1.86 bits per heavy atom. The zero-order valence-electron chi connectivity index (χ0n) is 18.9. The van der Waals surface area contributed by atoms with Gasteiger partial charge in [-0.15, -0.1) is 0 Å². The van der Waals surface area contributed by atoms with E-state index in [0.717, 1.165) is 29.8 Å². The van der Waals surface area contributed by atoms with Crippen molar-refractivity contribution in [3.8, 4) is 34.0 Å². The number of nitrogens with one attached hydrogen (secondary N) is 2. The average Bonchev–Trinajstić information content (AvgIpc) is 3.51. The van der Waals surface area contributed by atoms with Gasteiger partial charge in [0.25, 0.3) is 0 Å². The number of pyridine rings is 2. The molecule has 0 unspecified atom stereocenters. The summed E-state index contributed by atoms with van der Waals surface area (Å²) in [4.78, 5) is 28.0. The molecule has 6 aromatic rings. The number of hydrogen-bond donors (Lipinski definition) is 3. The topological polar surface area (TPSA) is 138 Å². The van der Waals surface area contributed by atoms with Crippen molar-refractivity contribution >= 4 is 27.9 Å². The monoisotopic (exact) mass is 478 g/mol. The van der Waals surface area contributed by atoms with Crippen molar-refractivity contribution in [1.82, 2.24) is 40.1 Å². The number of rotatable bonds is 4. The van der Waals surface area contributed by atoms with Crippen LogP contribution in [0.3, 0.4) is 0 Å². The minimum atomic E-state index is -0.314. The smallest absolute Gasteiger partial charge is 0.178 e. The van der Waals surface area contributed by atoms with E-state index in [-0.39, 0.29) is 11.9 Å². The Hall–Kier alpha value is -4.77. The van der Waals surface area contributed by atoms with Gasteiger partial charge in [0.15, 0.2) is 11.5 Å². The minimum absolute atomic E-state index is 0.163. The van der Waals surface area contributed by atoms with E-state index in [1.807, 2.05) is 6.07 Å². The first-order valence-electron chi connectivity index (χ1n) is 11.4. The molecule has 1 fully saturated rings. The number of aromatic nitrogens is 8. The Morgan fingerprint density at radius 3 is 2.72 bits per heavy atom. The largest absolute Gasteiger partial charge is 0.352 e. The molecule has 176 valence electrons. The lowest BCUT2D eigenvalue weighted by Crippen LogP contribution is -2.56. The lowest BCUT2D eigenvalue weighted by atomic mass is 10.1. The lowest BCUT2D eigenvalue weighted by molar-refractivity contribution is 0.514. The van der Waals surface area contributed by atoms with Crippen LogP contribution in [0.2, 0.25) is 0 Å². The van der Waals surface area contributed by atoms with Crippen LogP contribution in [0.1, 0.15) is 0 Å². The zero-order valence-corrected chi connectivity index (χ0v) is 18.9. The molecule has 0 atom stereocenters. The van der Waals surface area contributed by atoms with Gasteiger partial charge in [-0.05, 0) is 18.2 Å². The predicted molar refractivity (Wildman–Crippen MR) is 133 cm³/mol. The van der Waals surface area contributed by atoms with Gasteiger partial charge in [0.1, 0.15) is 23.0 Å². The molecule has 0 bridgehead atoms. The van der Waals surface area contributed by atoms with Gasteiger partial charge in [-0.3, -0.25) is 15.1 Å². The van der Waals surface area contributed by atoms with E-state index < -0.39 is 0 Å². The molecule has 0 saturated carbocycles. The number of benzene rings is 1. The van der Waals surface area contributed by atoms with Crippen LogP contribution in [0.15, 0.2) is 61.2 Å². The molecule has 10 nitrogen and oxygen atoms in total. The molecule has 4 N–H and O–H groups in total. The van der Waals surface area contributed by atoms with Gasteiger partial charge in [-0.25, -0.2) is 19.3 Å². The minimum Gasteiger partial charge on any atom is -0.352 e. The highest BCUT2D eigenvalue weighted by Crippen LogP contribution is 2.32. The fourth-order valence-corrected chi connectivity index (χ4v) is 4.50. The van der Waals surface area contributed by atoms with Gasteiger partial charge in [0.05, 0.1) is 35.3 Å². The van der Waals surface area contributed by atoms with E-state index in [1.165, 1.54) is 6.07 Å². The molecule has 0 spiro atoms. The summed E-state index contributed by atoms with van der Waals surface area (Å²) in [5.41, 5.74) is 10.8. The second kappa shape index (κ2) is 7.89. The third-order valence-electron chi connectivity index (χ3n) is 6.35. The summed E-state index contributed by atoms with van der Waals surface area (Å²) < 4.78 is 14.5. The van der Waals surface area contributed by atoms with E-state index in [4.69, 9.17) is 10.7 Å². The molecule has 1 aliphatic heterocycles. The quantitative estimate of drug-likeness (QED) is 0.351. The van der Waals surface area contributed by atoms with Crippen LogP contribution in [0.4, 0.5) is 10.2 Å². The number of aromatic amines is 2. The molecule has 7 rings (SSSR count). The first-order chi connectivity index (χ1) is 17.6. The van der Waals surface area contributed by atoms with Gasteiger partial charge >= 0.3 is 0 Å². The van der Waals surface area contributed by atoms with Gasteiger partial charge in [0, 0.05) is 41.8 Å². The van der Waals surface area contributed by atoms with Crippen LogP contribution < -0.4 is 10.6 Å². The van der Waals surface area contributed by atoms with Crippen LogP contribution in [0.25, 0.3) is 56.1 Å². The third-order valence-corrected chi connectivity index (χ3v) is 6.35. The van der Waals surface area contributed by atoms with Gasteiger partial charge < -0.3 is 15.6 Å². The van der Waals surface area contributed by atoms with Crippen molar-refractivity contribution in [2.45, 2.75) is 6.04 Å². The molecule has 5 aromatic heterocycles. The number of halogens is 1. The highest BCUT2D eigenvalue weighted by molar-refractivity contribution is 5.96. The maximum Gasteiger partial charge on any atom is 0.178 e. The number of fused-ring (bicyclic) bond motifs is 2. The van der Waals surface area contributed by atoms with Crippen LogP contribution in [-0.2, 0) is 0 Å². The first-order valence-corrected chi connectivity index (χ1v) is 11.4. The highest BCUT2D eigenvalue weighted by atomic mass is 19.1. The zero-order chi connectivity index (χ0) is 24.2. The van der Waals surface area contributed by atoms with Crippen molar-refractivity contribution in [2.75, 3.05) is 18.0 Å². The standard InChI is InChI=1S/C25H19FN10/c26-17-4-2-1-3-14(17)15-5-6-29-24-22(15)32-25(33-24)23-16-7-18(30-9-19(16)34-35-23)20-8-28-10-21(31-20)36-11-13(27)12-36/h1-10,13H,11-12,27H2,(H,34,35)(H,29,32,33). The van der Waals surface area contributed by atoms with Crippen LogP contribution in [-0.4, -0.2) is 59.2 Å². The third kappa shape index (κ3) is 3.28. The van der Waals surface area contributed by atoms with Crippen molar-refractivity contribution in [1.29, 1.82) is 0 Å². The maximum atomic E-state index is 14.5. The van der Waals surface area contributed by atoms with Crippen molar-refractivity contribution in [3.05, 3.63) is 67.0 Å². The number of nitrogens with zero attached hydrogens (tertiary/aromatic N) is 7. The summed E-state index contributed by atoms with van der Waals surface area (Å²) in [6, 6.07) is 10.5. The normalized spacial score (nSPS) is 14.0. The molecule has 11 heteroatoms. The van der Waals surface area contributed by atoms with E-state index in [1.54, 1.807) is 49.1 Å². The summed E-state index contributed by atoms with van der Waals surface area (Å²) in [6.07, 6.45) is 6.74. The SMILES string of the molecule is NC1CN(c2cncc(-c3cc4c(-c5nc6nccc(-c7ccccc7F)c6[nH]5)n[nH]c4cn3)n2)C1. The van der Waals surface area contributed by atoms with Crippen LogP contribution in [0.5, 0.6) is 0 Å². The summed E-state index contributed by atoms with van der Waals surface area (Å²) in [6.45, 7) is 1.51. The number of H-pyrrole nitrogens is 2. The molecule has 36 heavy (non-hydrogen) atoms. The average molecular weight is 478 g/mol. The molecule has 0 aliphatic carbocycles. The molecule has 6 heterocycles. The Labute approximate surface area is 203 Å². The van der Waals surface area contributed by atoms with Gasteiger partial charge in [0.2, 0.25) is 0 Å². The van der Waals surface area contributed by atoms with E-state index >= 15 is 0 Å². The van der Waals surface area contributed by atoms with Crippen molar-refractivity contribution in [2.24, 2.45) is 5.73 Å². The second-order valence-corrected chi connectivity index (χ2v) is 8.74. The Bertz CT molecular complexity index is 1750. The summed E-state index contributed by atoms with van der Waals surface area (Å²) in [5, 5.41) is 8.29. The van der Waals surface area contributed by atoms with Crippen molar-refractivity contribution in [3.63, 3.8) is 0 Å². The predicted octanol–water partition coefficient (Wildman–Crippen LogP) is 3.31. The Kier molecular flexibility index (Phi) is 4.51. The maximum absolute atomic E-state index is 14.5. The summed E-state index contributed by atoms with van der Waals surface area (Å²) >= 11 is 0. The summed E-state index contributed by atoms with van der Waals surface area (Å²) in [5.74, 6) is 0.970. The van der Waals surface area contributed by atoms with Crippen LogP contribution in [0, 0.1) is 5.82 Å². The van der Waals surface area contributed by atoms with E-state index in [0.29, 0.717) is 45.2 Å². The number of anilines is 1. The molecule has 1 aliphatic rings. The molecule has 0 radical (unpaired) electrons. The van der Waals surface area contributed by atoms with Crippen molar-refractivity contribution < 1.29 is 4.39 Å². The van der Waals surface area contributed by atoms with E-state index in [9.17, 15) is 4.39 Å². The number of imidazole rings is 1. The molecule has 1 aromatic carbocycles. The van der Waals surface area contributed by atoms with Gasteiger partial charge in [-0.1, -0.05) is 18.2 Å². The Morgan fingerprint density at radius 1 is 0.972 bits per heavy atom. The number of hydrogen-bond acceptors (Lipinski definition) is 8. The number of nitrogens with two attached hydrogens (primary N) is 1. The molecular formula is C25H19FN10. The molecule has 0 amide bonds. The molecular weight excluding hydrogens is 459 g/mol. The Balaban J connectivity index is 1.32. The first kappa shape index (κ1) is 20.6. The van der Waals surface area contributed by atoms with Crippen LogP contribution >= 0.6 is 0 Å². The summed E-state index contributed by atoms with van der Waals surface area (Å²) in [7, 11) is 0. The molecule has 1 saturated heterocycles. The highest BCUT2D eigenvalue weighted by Gasteiger charge is 2.25. The fraction of sp³-hybridized carbons (Fsp3) is 0.120. The van der Waals surface area contributed by atoms with Gasteiger partial charge in [-0.2, -0.15) is 5.10 Å². The second-order valence-electron chi connectivity index (χ2n) is 8.74. The fourth-order valence-electron chi connectivity index (χ4n) is 4.50. The van der Waals surface area contributed by atoms with E-state index in [2.05, 4.69) is 40.0 Å².